The molecule has 0 fully saturated rings. The smallest absolute Gasteiger partial charge is 0.238 e. The zero-order chi connectivity index (χ0) is 13.4. The van der Waals surface area contributed by atoms with Gasteiger partial charge in [0.25, 0.3) is 0 Å². The Balaban J connectivity index is 0.00000324. The van der Waals surface area contributed by atoms with Gasteiger partial charge in [0.2, 0.25) is 5.91 Å². The van der Waals surface area contributed by atoms with Crippen LogP contribution in [0, 0.1) is 0 Å². The zero-order valence-electron chi connectivity index (χ0n) is 11.8. The number of amides is 1. The monoisotopic (exact) mass is 286 g/mol. The fraction of sp³-hybridized carbons (Fsp3) is 0.500. The van der Waals surface area contributed by atoms with Gasteiger partial charge in [-0.15, -0.1) is 12.4 Å². The molecular formula is C14H23ClN2O2. The van der Waals surface area contributed by atoms with Gasteiger partial charge in [0, 0.05) is 5.69 Å². The third-order valence-electron chi connectivity index (χ3n) is 2.71. The highest BCUT2D eigenvalue weighted by atomic mass is 35.5. The van der Waals surface area contributed by atoms with E-state index in [1.165, 1.54) is 0 Å². The number of carbonyl (C=O) groups is 1. The molecule has 1 rings (SSSR count). The average molecular weight is 287 g/mol. The highest BCUT2D eigenvalue weighted by Crippen LogP contribution is 2.15. The molecule has 19 heavy (non-hydrogen) atoms. The van der Waals surface area contributed by atoms with Crippen molar-refractivity contribution in [2.45, 2.75) is 20.8 Å². The van der Waals surface area contributed by atoms with Crippen LogP contribution >= 0.6 is 12.4 Å². The number of hydrogen-bond donors (Lipinski definition) is 1. The van der Waals surface area contributed by atoms with Gasteiger partial charge in [-0.05, 0) is 44.3 Å². The molecule has 0 aromatic heterocycles. The van der Waals surface area contributed by atoms with Crippen molar-refractivity contribution in [3.63, 3.8) is 0 Å². The Bertz CT molecular complexity index is 364. The van der Waals surface area contributed by atoms with Gasteiger partial charge in [0.1, 0.15) is 5.75 Å². The van der Waals surface area contributed by atoms with Crippen LogP contribution in [0.4, 0.5) is 5.69 Å². The molecule has 0 bridgehead atoms. The molecule has 0 atom stereocenters. The summed E-state index contributed by atoms with van der Waals surface area (Å²) in [6.45, 7) is 8.88. The molecule has 4 nitrogen and oxygen atoms in total. The largest absolute Gasteiger partial charge is 0.494 e. The Morgan fingerprint density at radius 1 is 1.16 bits per heavy atom. The number of hydrogen-bond acceptors (Lipinski definition) is 3. The van der Waals surface area contributed by atoms with E-state index in [2.05, 4.69) is 10.2 Å². The standard InChI is InChI=1S/C14H22N2O2.ClH/c1-4-16(5-2)11-14(17)15-12-7-9-13(10-8-12)18-6-3;/h7-10H,4-6,11H2,1-3H3,(H,15,17);1H. The van der Waals surface area contributed by atoms with Crippen LogP contribution in [-0.2, 0) is 4.79 Å². The summed E-state index contributed by atoms with van der Waals surface area (Å²) in [5, 5.41) is 2.87. The summed E-state index contributed by atoms with van der Waals surface area (Å²) in [7, 11) is 0. The molecule has 0 aliphatic heterocycles. The van der Waals surface area contributed by atoms with Crippen LogP contribution in [0.3, 0.4) is 0 Å². The highest BCUT2D eigenvalue weighted by molar-refractivity contribution is 5.92. The molecule has 1 aromatic carbocycles. The van der Waals surface area contributed by atoms with Gasteiger partial charge in [-0.1, -0.05) is 13.8 Å². The third kappa shape index (κ3) is 6.45. The minimum absolute atomic E-state index is 0. The first-order valence-corrected chi connectivity index (χ1v) is 6.44. The minimum atomic E-state index is 0. The highest BCUT2D eigenvalue weighted by Gasteiger charge is 2.07. The number of carbonyl (C=O) groups excluding carboxylic acids is 1. The Kier molecular flexibility index (Phi) is 9.00. The fourth-order valence-electron chi connectivity index (χ4n) is 1.65. The molecule has 0 aliphatic carbocycles. The van der Waals surface area contributed by atoms with Crippen LogP contribution < -0.4 is 10.1 Å². The van der Waals surface area contributed by atoms with Crippen molar-refractivity contribution in [2.75, 3.05) is 31.6 Å². The van der Waals surface area contributed by atoms with Gasteiger partial charge < -0.3 is 10.1 Å². The van der Waals surface area contributed by atoms with E-state index in [-0.39, 0.29) is 18.3 Å². The van der Waals surface area contributed by atoms with Gasteiger partial charge in [-0.25, -0.2) is 0 Å². The van der Waals surface area contributed by atoms with E-state index in [0.717, 1.165) is 24.5 Å². The molecule has 1 N–H and O–H groups in total. The van der Waals surface area contributed by atoms with E-state index < -0.39 is 0 Å². The van der Waals surface area contributed by atoms with Crippen molar-refractivity contribution >= 4 is 24.0 Å². The number of nitrogens with zero attached hydrogens (tertiary/aromatic N) is 1. The van der Waals surface area contributed by atoms with Gasteiger partial charge in [0.15, 0.2) is 0 Å². The summed E-state index contributed by atoms with van der Waals surface area (Å²) in [6.07, 6.45) is 0. The number of likely N-dealkylation sites (N-methyl/N-ethyl adjacent to an activating group) is 1. The summed E-state index contributed by atoms with van der Waals surface area (Å²) in [4.78, 5) is 13.8. The molecule has 108 valence electrons. The number of anilines is 1. The topological polar surface area (TPSA) is 41.6 Å². The van der Waals surface area contributed by atoms with Crippen LogP contribution in [0.2, 0.25) is 0 Å². The van der Waals surface area contributed by atoms with Crippen LogP contribution in [0.5, 0.6) is 5.75 Å². The number of rotatable bonds is 7. The normalized spacial score (nSPS) is 9.89. The Hall–Kier alpha value is -1.26. The minimum Gasteiger partial charge on any atom is -0.494 e. The van der Waals surface area contributed by atoms with Crippen molar-refractivity contribution in [1.29, 1.82) is 0 Å². The first-order chi connectivity index (χ1) is 8.69. The number of benzene rings is 1. The first-order valence-electron chi connectivity index (χ1n) is 6.44. The second-order valence-corrected chi connectivity index (χ2v) is 3.97. The summed E-state index contributed by atoms with van der Waals surface area (Å²) in [5.41, 5.74) is 0.801. The summed E-state index contributed by atoms with van der Waals surface area (Å²) in [6, 6.07) is 7.42. The average Bonchev–Trinajstić information content (AvgIpc) is 2.38. The predicted octanol–water partition coefficient (Wildman–Crippen LogP) is 2.79. The molecule has 0 saturated carbocycles. The molecule has 1 aromatic rings. The van der Waals surface area contributed by atoms with E-state index in [4.69, 9.17) is 4.74 Å². The Morgan fingerprint density at radius 2 is 1.74 bits per heavy atom. The van der Waals surface area contributed by atoms with Crippen LogP contribution in [0.1, 0.15) is 20.8 Å². The lowest BCUT2D eigenvalue weighted by atomic mass is 10.3. The van der Waals surface area contributed by atoms with Gasteiger partial charge >= 0.3 is 0 Å². The molecule has 0 aliphatic rings. The molecule has 0 radical (unpaired) electrons. The van der Waals surface area contributed by atoms with Crippen molar-refractivity contribution in [1.82, 2.24) is 4.90 Å². The van der Waals surface area contributed by atoms with Crippen molar-refractivity contribution in [3.8, 4) is 5.75 Å². The van der Waals surface area contributed by atoms with Crippen molar-refractivity contribution in [2.24, 2.45) is 0 Å². The molecule has 5 heteroatoms. The SMILES string of the molecule is CCOc1ccc(NC(=O)CN(CC)CC)cc1.Cl. The lowest BCUT2D eigenvalue weighted by molar-refractivity contribution is -0.117. The molecule has 1 amide bonds. The van der Waals surface area contributed by atoms with Crippen LogP contribution in [0.25, 0.3) is 0 Å². The second kappa shape index (κ2) is 9.64. The van der Waals surface area contributed by atoms with Gasteiger partial charge in [0.05, 0.1) is 13.2 Å². The Labute approximate surface area is 121 Å². The molecule has 0 heterocycles. The Morgan fingerprint density at radius 3 is 2.21 bits per heavy atom. The first kappa shape index (κ1) is 17.7. The van der Waals surface area contributed by atoms with Crippen molar-refractivity contribution in [3.05, 3.63) is 24.3 Å². The zero-order valence-corrected chi connectivity index (χ0v) is 12.6. The molecule has 0 unspecified atom stereocenters. The van der Waals surface area contributed by atoms with E-state index in [9.17, 15) is 4.79 Å². The summed E-state index contributed by atoms with van der Waals surface area (Å²) >= 11 is 0. The van der Waals surface area contributed by atoms with Gasteiger partial charge in [-0.2, -0.15) is 0 Å². The lowest BCUT2D eigenvalue weighted by Gasteiger charge is -2.17. The third-order valence-corrected chi connectivity index (χ3v) is 2.71. The van der Waals surface area contributed by atoms with E-state index in [0.29, 0.717) is 13.2 Å². The fourth-order valence-corrected chi connectivity index (χ4v) is 1.65. The van der Waals surface area contributed by atoms with E-state index in [1.807, 2.05) is 45.0 Å². The summed E-state index contributed by atoms with van der Waals surface area (Å²) in [5.74, 6) is 0.835. The molecule has 0 spiro atoms. The number of halogens is 1. The van der Waals surface area contributed by atoms with E-state index >= 15 is 0 Å². The second-order valence-electron chi connectivity index (χ2n) is 3.97. The lowest BCUT2D eigenvalue weighted by Crippen LogP contribution is -2.32. The maximum absolute atomic E-state index is 11.8. The molecule has 0 saturated heterocycles. The maximum atomic E-state index is 11.8. The maximum Gasteiger partial charge on any atom is 0.238 e. The number of ether oxygens (including phenoxy) is 1. The predicted molar refractivity (Wildman–Crippen MR) is 81.3 cm³/mol. The van der Waals surface area contributed by atoms with Gasteiger partial charge in [-0.3, -0.25) is 9.69 Å². The summed E-state index contributed by atoms with van der Waals surface area (Å²) < 4.78 is 5.34. The quantitative estimate of drug-likeness (QED) is 0.838. The van der Waals surface area contributed by atoms with E-state index in [1.54, 1.807) is 0 Å². The van der Waals surface area contributed by atoms with Crippen LogP contribution in [-0.4, -0.2) is 37.0 Å². The van der Waals surface area contributed by atoms with Crippen LogP contribution in [0.15, 0.2) is 24.3 Å². The van der Waals surface area contributed by atoms with Crippen molar-refractivity contribution < 1.29 is 9.53 Å². The number of nitrogens with one attached hydrogen (secondary N) is 1. The molecular weight excluding hydrogens is 264 g/mol.